The van der Waals surface area contributed by atoms with Crippen LogP contribution in [-0.4, -0.2) is 11.5 Å². The molecule has 1 aromatic heterocycles. The third-order valence-electron chi connectivity index (χ3n) is 3.29. The molecule has 2 aromatic rings. The summed E-state index contributed by atoms with van der Waals surface area (Å²) < 4.78 is 0. The van der Waals surface area contributed by atoms with E-state index in [0.717, 1.165) is 6.54 Å². The number of benzene rings is 1. The van der Waals surface area contributed by atoms with Crippen LogP contribution in [-0.2, 0) is 0 Å². The van der Waals surface area contributed by atoms with Gasteiger partial charge in [0.25, 0.3) is 0 Å². The molecule has 2 heterocycles. The predicted octanol–water partition coefficient (Wildman–Crippen LogP) is 3.40. The Morgan fingerprint density at radius 3 is 2.88 bits per heavy atom. The Kier molecular flexibility index (Phi) is 3.52. The molecule has 0 unspecified atom stereocenters. The van der Waals surface area contributed by atoms with Crippen molar-refractivity contribution in [1.82, 2.24) is 10.3 Å². The van der Waals surface area contributed by atoms with E-state index in [2.05, 4.69) is 34.6 Å². The van der Waals surface area contributed by atoms with E-state index in [-0.39, 0.29) is 12.4 Å². The molecule has 86 valence electrons. The van der Waals surface area contributed by atoms with Gasteiger partial charge in [-0.1, -0.05) is 12.5 Å². The molecule has 1 aromatic carbocycles. The lowest BCUT2D eigenvalue weighted by Gasteiger charge is -2.23. The zero-order chi connectivity index (χ0) is 10.1. The van der Waals surface area contributed by atoms with Gasteiger partial charge in [0.15, 0.2) is 0 Å². The molecular formula is C13H17ClN2. The normalized spacial score (nSPS) is 20.6. The maximum absolute atomic E-state index is 3.58. The number of rotatable bonds is 1. The Labute approximate surface area is 102 Å². The molecule has 2 nitrogen and oxygen atoms in total. The van der Waals surface area contributed by atoms with E-state index in [0.29, 0.717) is 6.04 Å². The van der Waals surface area contributed by atoms with Gasteiger partial charge < -0.3 is 10.3 Å². The number of piperidine rings is 1. The summed E-state index contributed by atoms with van der Waals surface area (Å²) in [6, 6.07) is 9.43. The molecule has 3 heteroatoms. The van der Waals surface area contributed by atoms with E-state index in [4.69, 9.17) is 0 Å². The molecule has 0 amide bonds. The first-order valence-electron chi connectivity index (χ1n) is 5.74. The lowest BCUT2D eigenvalue weighted by molar-refractivity contribution is 0.412. The van der Waals surface area contributed by atoms with Crippen molar-refractivity contribution in [2.45, 2.75) is 25.3 Å². The minimum absolute atomic E-state index is 0. The highest BCUT2D eigenvalue weighted by Crippen LogP contribution is 2.25. The highest BCUT2D eigenvalue weighted by Gasteiger charge is 2.14. The highest BCUT2D eigenvalue weighted by atomic mass is 35.5. The van der Waals surface area contributed by atoms with Gasteiger partial charge in [-0.2, -0.15) is 0 Å². The summed E-state index contributed by atoms with van der Waals surface area (Å²) in [5, 5.41) is 4.90. The zero-order valence-electron chi connectivity index (χ0n) is 9.20. The Hall–Kier alpha value is -0.990. The van der Waals surface area contributed by atoms with Crippen molar-refractivity contribution in [2.75, 3.05) is 6.54 Å². The lowest BCUT2D eigenvalue weighted by Crippen LogP contribution is -2.26. The van der Waals surface area contributed by atoms with Gasteiger partial charge in [0.05, 0.1) is 0 Å². The van der Waals surface area contributed by atoms with Crippen LogP contribution in [0.15, 0.2) is 30.5 Å². The monoisotopic (exact) mass is 236 g/mol. The first kappa shape index (κ1) is 11.5. The summed E-state index contributed by atoms with van der Waals surface area (Å²) in [5.41, 5.74) is 2.66. The van der Waals surface area contributed by atoms with Crippen molar-refractivity contribution in [3.05, 3.63) is 36.0 Å². The van der Waals surface area contributed by atoms with Crippen molar-refractivity contribution in [2.24, 2.45) is 0 Å². The molecule has 3 rings (SSSR count). The molecule has 2 N–H and O–H groups in total. The van der Waals surface area contributed by atoms with Crippen molar-refractivity contribution < 1.29 is 0 Å². The number of fused-ring (bicyclic) bond motifs is 1. The quantitative estimate of drug-likeness (QED) is 0.781. The van der Waals surface area contributed by atoms with Gasteiger partial charge in [0.2, 0.25) is 0 Å². The Bertz CT molecular complexity index is 458. The average Bonchev–Trinajstić information content (AvgIpc) is 2.77. The third kappa shape index (κ3) is 2.08. The second-order valence-electron chi connectivity index (χ2n) is 4.33. The average molecular weight is 237 g/mol. The van der Waals surface area contributed by atoms with Gasteiger partial charge in [-0.3, -0.25) is 0 Å². The van der Waals surface area contributed by atoms with Crippen molar-refractivity contribution in [3.8, 4) is 0 Å². The van der Waals surface area contributed by atoms with Crippen molar-refractivity contribution >= 4 is 23.3 Å². The highest BCUT2D eigenvalue weighted by molar-refractivity contribution is 5.85. The fourth-order valence-electron chi connectivity index (χ4n) is 2.42. The fourth-order valence-corrected chi connectivity index (χ4v) is 2.42. The van der Waals surface area contributed by atoms with Crippen LogP contribution in [0.2, 0.25) is 0 Å². The molecule has 16 heavy (non-hydrogen) atoms. The number of hydrogen-bond acceptors (Lipinski definition) is 1. The largest absolute Gasteiger partial charge is 0.361 e. The van der Waals surface area contributed by atoms with Crippen LogP contribution < -0.4 is 5.32 Å². The van der Waals surface area contributed by atoms with Crippen LogP contribution in [0.1, 0.15) is 30.9 Å². The number of H-pyrrole nitrogens is 1. The molecule has 0 spiro atoms. The van der Waals surface area contributed by atoms with Crippen molar-refractivity contribution in [3.63, 3.8) is 0 Å². The van der Waals surface area contributed by atoms with Crippen LogP contribution >= 0.6 is 12.4 Å². The summed E-state index contributed by atoms with van der Waals surface area (Å²) in [5.74, 6) is 0. The molecule has 0 aliphatic carbocycles. The smallest absolute Gasteiger partial charge is 0.0454 e. The van der Waals surface area contributed by atoms with Gasteiger partial charge >= 0.3 is 0 Å². The van der Waals surface area contributed by atoms with E-state index >= 15 is 0 Å². The number of hydrogen-bond donors (Lipinski definition) is 2. The number of aromatic amines is 1. The van der Waals surface area contributed by atoms with E-state index in [9.17, 15) is 0 Å². The molecule has 1 aliphatic heterocycles. The Morgan fingerprint density at radius 2 is 2.06 bits per heavy atom. The molecule has 1 saturated heterocycles. The first-order chi connectivity index (χ1) is 7.43. The van der Waals surface area contributed by atoms with Gasteiger partial charge in [-0.25, -0.2) is 0 Å². The van der Waals surface area contributed by atoms with E-state index in [1.165, 1.54) is 35.7 Å². The van der Waals surface area contributed by atoms with Crippen molar-refractivity contribution in [1.29, 1.82) is 0 Å². The topological polar surface area (TPSA) is 27.8 Å². The van der Waals surface area contributed by atoms with Gasteiger partial charge in [-0.05, 0) is 48.5 Å². The maximum atomic E-state index is 3.58. The van der Waals surface area contributed by atoms with Gasteiger partial charge in [0, 0.05) is 17.8 Å². The molecule has 0 radical (unpaired) electrons. The predicted molar refractivity (Wildman–Crippen MR) is 70.1 cm³/mol. The molecule has 1 atom stereocenters. The maximum Gasteiger partial charge on any atom is 0.0454 e. The van der Waals surface area contributed by atoms with Gasteiger partial charge in [-0.15, -0.1) is 12.4 Å². The second-order valence-corrected chi connectivity index (χ2v) is 4.33. The summed E-state index contributed by atoms with van der Waals surface area (Å²) >= 11 is 0. The Morgan fingerprint density at radius 1 is 1.12 bits per heavy atom. The molecule has 1 fully saturated rings. The number of nitrogens with one attached hydrogen (secondary N) is 2. The Balaban J connectivity index is 0.000000963. The summed E-state index contributed by atoms with van der Waals surface area (Å²) in [6.07, 6.45) is 5.95. The molecular weight excluding hydrogens is 220 g/mol. The number of aromatic nitrogens is 1. The summed E-state index contributed by atoms with van der Waals surface area (Å²) in [4.78, 5) is 3.23. The van der Waals surface area contributed by atoms with Crippen LogP contribution in [0.3, 0.4) is 0 Å². The minimum Gasteiger partial charge on any atom is -0.361 e. The molecule has 1 aliphatic rings. The summed E-state index contributed by atoms with van der Waals surface area (Å²) in [7, 11) is 0. The number of halogens is 1. The standard InChI is InChI=1S/C13H16N2.ClH/c1-2-7-14-12(3-1)10-4-5-13-11(9-10)6-8-15-13;/h4-6,8-9,12,14-15H,1-3,7H2;1H/t12-;/m1./s1. The van der Waals surface area contributed by atoms with E-state index < -0.39 is 0 Å². The SMILES string of the molecule is Cl.c1cc2cc([C@H]3CCCCN3)ccc2[nH]1. The van der Waals surface area contributed by atoms with Gasteiger partial charge in [0.1, 0.15) is 0 Å². The van der Waals surface area contributed by atoms with Crippen LogP contribution in [0, 0.1) is 0 Å². The summed E-state index contributed by atoms with van der Waals surface area (Å²) in [6.45, 7) is 1.16. The second kappa shape index (κ2) is 4.89. The zero-order valence-corrected chi connectivity index (χ0v) is 10.0. The molecule has 0 saturated carbocycles. The minimum atomic E-state index is 0. The first-order valence-corrected chi connectivity index (χ1v) is 5.74. The third-order valence-corrected chi connectivity index (χ3v) is 3.29. The lowest BCUT2D eigenvalue weighted by atomic mass is 9.97. The van der Waals surface area contributed by atoms with Crippen LogP contribution in [0.25, 0.3) is 10.9 Å². The molecule has 0 bridgehead atoms. The van der Waals surface area contributed by atoms with Crippen LogP contribution in [0.4, 0.5) is 0 Å². The fraction of sp³-hybridized carbons (Fsp3) is 0.385. The van der Waals surface area contributed by atoms with E-state index in [1.807, 2.05) is 6.20 Å². The van der Waals surface area contributed by atoms with E-state index in [1.54, 1.807) is 0 Å². The van der Waals surface area contributed by atoms with Crippen LogP contribution in [0.5, 0.6) is 0 Å².